The first-order chi connectivity index (χ1) is 9.63. The first-order valence-electron chi connectivity index (χ1n) is 5.76. The van der Waals surface area contributed by atoms with E-state index in [0.717, 1.165) is 12.1 Å². The Morgan fingerprint density at radius 2 is 1.80 bits per heavy atom. The molecule has 0 aliphatic heterocycles. The van der Waals surface area contributed by atoms with Crippen molar-refractivity contribution in [1.82, 2.24) is 0 Å². The van der Waals surface area contributed by atoms with Crippen LogP contribution in [0.2, 0.25) is 0 Å². The van der Waals surface area contributed by atoms with Crippen LogP contribution in [0.5, 0.6) is 0 Å². The minimum atomic E-state index is -0.503. The quantitative estimate of drug-likeness (QED) is 0.929. The minimum absolute atomic E-state index is 0.137. The molecule has 0 radical (unpaired) electrons. The fourth-order valence-electron chi connectivity index (χ4n) is 1.71. The molecule has 98 valence electrons. The first kappa shape index (κ1) is 13.5. The van der Waals surface area contributed by atoms with Crippen molar-refractivity contribution in [3.8, 4) is 12.1 Å². The van der Waals surface area contributed by atoms with Crippen LogP contribution in [0.15, 0.2) is 36.4 Å². The fraction of sp³-hybridized carbons (Fsp3) is 0.0667. The van der Waals surface area contributed by atoms with Gasteiger partial charge in [0.1, 0.15) is 17.7 Å². The lowest BCUT2D eigenvalue weighted by Gasteiger charge is -2.09. The summed E-state index contributed by atoms with van der Waals surface area (Å²) in [5.74, 6) is -1.01. The maximum Gasteiger partial charge on any atom is 0.129 e. The summed E-state index contributed by atoms with van der Waals surface area (Å²) >= 11 is 0. The van der Waals surface area contributed by atoms with Crippen molar-refractivity contribution in [2.24, 2.45) is 0 Å². The van der Waals surface area contributed by atoms with Crippen molar-refractivity contribution >= 4 is 5.69 Å². The standard InChI is InChI=1S/C15H9F2N3/c16-13-3-4-15(12(6-13)8-19)20-9-11-2-1-10(7-18)5-14(11)17/h1-6,20H,9H2. The number of halogens is 2. The summed E-state index contributed by atoms with van der Waals surface area (Å²) in [5.41, 5.74) is 1.18. The van der Waals surface area contributed by atoms with Gasteiger partial charge in [-0.2, -0.15) is 10.5 Å². The highest BCUT2D eigenvalue weighted by Crippen LogP contribution is 2.18. The van der Waals surface area contributed by atoms with E-state index in [-0.39, 0.29) is 17.7 Å². The monoisotopic (exact) mass is 269 g/mol. The summed E-state index contributed by atoms with van der Waals surface area (Å²) < 4.78 is 26.6. The van der Waals surface area contributed by atoms with Crippen molar-refractivity contribution in [1.29, 1.82) is 10.5 Å². The molecule has 0 spiro atoms. The Morgan fingerprint density at radius 1 is 1.00 bits per heavy atom. The Labute approximate surface area is 114 Å². The van der Waals surface area contributed by atoms with Gasteiger partial charge in [-0.1, -0.05) is 6.07 Å². The Kier molecular flexibility index (Phi) is 3.93. The predicted molar refractivity (Wildman–Crippen MR) is 69.6 cm³/mol. The normalized spacial score (nSPS) is 9.60. The van der Waals surface area contributed by atoms with Crippen LogP contribution in [0, 0.1) is 34.3 Å². The van der Waals surface area contributed by atoms with E-state index in [0.29, 0.717) is 11.3 Å². The third kappa shape index (κ3) is 2.90. The first-order valence-corrected chi connectivity index (χ1v) is 5.76. The average Bonchev–Trinajstić information content (AvgIpc) is 2.46. The molecule has 2 aromatic carbocycles. The lowest BCUT2D eigenvalue weighted by molar-refractivity contribution is 0.612. The minimum Gasteiger partial charge on any atom is -0.380 e. The van der Waals surface area contributed by atoms with Crippen molar-refractivity contribution in [3.63, 3.8) is 0 Å². The molecule has 0 fully saturated rings. The highest BCUT2D eigenvalue weighted by Gasteiger charge is 2.06. The Morgan fingerprint density at radius 3 is 2.45 bits per heavy atom. The zero-order valence-corrected chi connectivity index (χ0v) is 10.3. The predicted octanol–water partition coefficient (Wildman–Crippen LogP) is 3.32. The molecule has 2 rings (SSSR count). The van der Waals surface area contributed by atoms with Gasteiger partial charge in [0.05, 0.1) is 22.9 Å². The van der Waals surface area contributed by atoms with Crippen molar-refractivity contribution < 1.29 is 8.78 Å². The highest BCUT2D eigenvalue weighted by atomic mass is 19.1. The van der Waals surface area contributed by atoms with Gasteiger partial charge >= 0.3 is 0 Å². The molecule has 0 heterocycles. The smallest absolute Gasteiger partial charge is 0.129 e. The topological polar surface area (TPSA) is 59.6 Å². The van der Waals surface area contributed by atoms with Gasteiger partial charge in [0.15, 0.2) is 0 Å². The molecule has 0 aliphatic rings. The molecule has 0 saturated carbocycles. The molecule has 0 bridgehead atoms. The Balaban J connectivity index is 2.18. The van der Waals surface area contributed by atoms with Crippen LogP contribution in [0.25, 0.3) is 0 Å². The summed E-state index contributed by atoms with van der Waals surface area (Å²) in [7, 11) is 0. The van der Waals surface area contributed by atoms with Crippen LogP contribution in [0.1, 0.15) is 16.7 Å². The van der Waals surface area contributed by atoms with Gasteiger partial charge in [0, 0.05) is 12.1 Å². The summed E-state index contributed by atoms with van der Waals surface area (Å²) in [6, 6.07) is 11.6. The van der Waals surface area contributed by atoms with E-state index in [9.17, 15) is 8.78 Å². The SMILES string of the molecule is N#Cc1ccc(CNc2ccc(F)cc2C#N)c(F)c1. The summed E-state index contributed by atoms with van der Waals surface area (Å²) in [4.78, 5) is 0. The molecule has 0 aromatic heterocycles. The van der Waals surface area contributed by atoms with Crippen LogP contribution in [-0.2, 0) is 6.54 Å². The lowest BCUT2D eigenvalue weighted by Crippen LogP contribution is -2.03. The molecule has 0 aliphatic carbocycles. The van der Waals surface area contributed by atoms with E-state index >= 15 is 0 Å². The van der Waals surface area contributed by atoms with Gasteiger partial charge in [-0.05, 0) is 30.3 Å². The molecular weight excluding hydrogens is 260 g/mol. The molecule has 20 heavy (non-hydrogen) atoms. The summed E-state index contributed by atoms with van der Waals surface area (Å²) in [5, 5.41) is 20.4. The van der Waals surface area contributed by atoms with Crippen LogP contribution in [0.3, 0.4) is 0 Å². The number of anilines is 1. The Hall–Kier alpha value is -2.92. The molecule has 2 aromatic rings. The molecule has 0 atom stereocenters. The van der Waals surface area contributed by atoms with Crippen LogP contribution in [-0.4, -0.2) is 0 Å². The number of hydrogen-bond donors (Lipinski definition) is 1. The summed E-state index contributed by atoms with van der Waals surface area (Å²) in [6.45, 7) is 0.137. The molecule has 3 nitrogen and oxygen atoms in total. The van der Waals surface area contributed by atoms with Gasteiger partial charge in [0.25, 0.3) is 0 Å². The zero-order valence-electron chi connectivity index (χ0n) is 10.3. The molecule has 0 saturated heterocycles. The maximum atomic E-state index is 13.7. The van der Waals surface area contributed by atoms with Crippen molar-refractivity contribution in [2.45, 2.75) is 6.54 Å². The number of hydrogen-bond acceptors (Lipinski definition) is 3. The van der Waals surface area contributed by atoms with E-state index in [1.54, 1.807) is 0 Å². The van der Waals surface area contributed by atoms with Crippen LogP contribution >= 0.6 is 0 Å². The van der Waals surface area contributed by atoms with Crippen molar-refractivity contribution in [2.75, 3.05) is 5.32 Å². The maximum absolute atomic E-state index is 13.7. The second-order valence-electron chi connectivity index (χ2n) is 4.07. The molecule has 5 heteroatoms. The zero-order chi connectivity index (χ0) is 14.5. The number of nitrogens with one attached hydrogen (secondary N) is 1. The molecule has 0 amide bonds. The third-order valence-corrected chi connectivity index (χ3v) is 2.75. The number of nitrogens with zero attached hydrogens (tertiary/aromatic N) is 2. The number of benzene rings is 2. The van der Waals surface area contributed by atoms with E-state index in [1.807, 2.05) is 12.1 Å². The molecule has 0 unspecified atom stereocenters. The molecule has 1 N–H and O–H groups in total. The molecular formula is C15H9F2N3. The number of rotatable bonds is 3. The fourth-order valence-corrected chi connectivity index (χ4v) is 1.71. The summed E-state index contributed by atoms with van der Waals surface area (Å²) in [6.07, 6.45) is 0. The van der Waals surface area contributed by atoms with Crippen LogP contribution in [0.4, 0.5) is 14.5 Å². The van der Waals surface area contributed by atoms with Gasteiger partial charge in [0.2, 0.25) is 0 Å². The van der Waals surface area contributed by atoms with E-state index < -0.39 is 11.6 Å². The van der Waals surface area contributed by atoms with E-state index in [1.165, 1.54) is 24.3 Å². The van der Waals surface area contributed by atoms with Crippen molar-refractivity contribution in [3.05, 3.63) is 64.7 Å². The van der Waals surface area contributed by atoms with Gasteiger partial charge in [-0.3, -0.25) is 0 Å². The van der Waals surface area contributed by atoms with Gasteiger partial charge < -0.3 is 5.32 Å². The van der Waals surface area contributed by atoms with Gasteiger partial charge in [-0.15, -0.1) is 0 Å². The van der Waals surface area contributed by atoms with Gasteiger partial charge in [-0.25, -0.2) is 8.78 Å². The number of nitriles is 2. The average molecular weight is 269 g/mol. The second kappa shape index (κ2) is 5.81. The van der Waals surface area contributed by atoms with E-state index in [2.05, 4.69) is 5.32 Å². The lowest BCUT2D eigenvalue weighted by atomic mass is 10.1. The third-order valence-electron chi connectivity index (χ3n) is 2.75. The van der Waals surface area contributed by atoms with E-state index in [4.69, 9.17) is 10.5 Å². The Bertz CT molecular complexity index is 727. The van der Waals surface area contributed by atoms with Crippen LogP contribution < -0.4 is 5.32 Å². The highest BCUT2D eigenvalue weighted by molar-refractivity contribution is 5.57. The second-order valence-corrected chi connectivity index (χ2v) is 4.07. The largest absolute Gasteiger partial charge is 0.380 e.